The number of anilines is 1. The van der Waals surface area contributed by atoms with Crippen LogP contribution in [0, 0.1) is 0 Å². The van der Waals surface area contributed by atoms with Gasteiger partial charge in [0, 0.05) is 27.3 Å². The van der Waals surface area contributed by atoms with Crippen LogP contribution in [0.3, 0.4) is 0 Å². The Morgan fingerprint density at radius 2 is 2.04 bits per heavy atom. The molecular formula is C19H15BrN4OS2. The van der Waals surface area contributed by atoms with Crippen LogP contribution < -0.4 is 5.32 Å². The molecule has 136 valence electrons. The predicted molar refractivity (Wildman–Crippen MR) is 114 cm³/mol. The van der Waals surface area contributed by atoms with E-state index in [1.165, 1.54) is 16.9 Å². The highest BCUT2D eigenvalue weighted by Gasteiger charge is 2.12. The molecule has 8 heteroatoms. The highest BCUT2D eigenvalue weighted by Crippen LogP contribution is 2.28. The Balaban J connectivity index is 1.37. The molecule has 2 aromatic heterocycles. The van der Waals surface area contributed by atoms with Gasteiger partial charge in [0.1, 0.15) is 0 Å². The normalized spacial score (nSPS) is 11.0. The number of nitrogens with zero attached hydrogens (tertiary/aromatic N) is 2. The number of carbonyl (C=O) groups is 1. The minimum Gasteiger partial charge on any atom is -0.361 e. The van der Waals surface area contributed by atoms with Gasteiger partial charge in [0.2, 0.25) is 11.0 Å². The lowest BCUT2D eigenvalue weighted by Crippen LogP contribution is -2.14. The highest BCUT2D eigenvalue weighted by molar-refractivity contribution is 9.10. The van der Waals surface area contributed by atoms with Crippen LogP contribution in [0.4, 0.5) is 5.13 Å². The number of benzene rings is 2. The van der Waals surface area contributed by atoms with E-state index in [2.05, 4.69) is 48.6 Å². The summed E-state index contributed by atoms with van der Waals surface area (Å²) in [5.41, 5.74) is 3.19. The lowest BCUT2D eigenvalue weighted by atomic mass is 10.1. The van der Waals surface area contributed by atoms with Gasteiger partial charge in [-0.05, 0) is 29.3 Å². The molecule has 0 aliphatic rings. The molecule has 0 saturated heterocycles. The first-order chi connectivity index (χ1) is 13.2. The first-order valence-corrected chi connectivity index (χ1v) is 10.8. The largest absolute Gasteiger partial charge is 0.361 e. The molecule has 0 bridgehead atoms. The molecule has 0 unspecified atom stereocenters. The van der Waals surface area contributed by atoms with Gasteiger partial charge < -0.3 is 10.3 Å². The lowest BCUT2D eigenvalue weighted by molar-refractivity contribution is -0.115. The van der Waals surface area contributed by atoms with E-state index < -0.39 is 0 Å². The smallest absolute Gasteiger partial charge is 0.230 e. The number of aromatic amines is 1. The van der Waals surface area contributed by atoms with Crippen LogP contribution in [0.25, 0.3) is 10.9 Å². The number of hydrogen-bond donors (Lipinski definition) is 2. The number of fused-ring (bicyclic) bond motifs is 1. The van der Waals surface area contributed by atoms with Crippen LogP contribution in [0.2, 0.25) is 0 Å². The zero-order valence-electron chi connectivity index (χ0n) is 14.1. The van der Waals surface area contributed by atoms with Crippen LogP contribution in [-0.2, 0) is 17.0 Å². The van der Waals surface area contributed by atoms with Crippen LogP contribution in [0.5, 0.6) is 0 Å². The fraction of sp³-hybridized carbons (Fsp3) is 0.105. The molecule has 4 rings (SSSR count). The molecule has 0 radical (unpaired) electrons. The van der Waals surface area contributed by atoms with Gasteiger partial charge in [-0.15, -0.1) is 10.2 Å². The fourth-order valence-corrected chi connectivity index (χ4v) is 4.76. The molecule has 2 heterocycles. The van der Waals surface area contributed by atoms with Crippen molar-refractivity contribution in [2.24, 2.45) is 0 Å². The summed E-state index contributed by atoms with van der Waals surface area (Å²) in [4.78, 5) is 15.6. The monoisotopic (exact) mass is 458 g/mol. The van der Waals surface area contributed by atoms with E-state index in [0.29, 0.717) is 5.13 Å². The number of carbonyl (C=O) groups excluding carboxylic acids is 1. The average Bonchev–Trinajstić information content (AvgIpc) is 3.28. The van der Waals surface area contributed by atoms with Crippen LogP contribution in [0.15, 0.2) is 63.5 Å². The van der Waals surface area contributed by atoms with Crippen molar-refractivity contribution in [3.63, 3.8) is 0 Å². The first kappa shape index (κ1) is 18.2. The van der Waals surface area contributed by atoms with E-state index in [1.54, 1.807) is 11.8 Å². The maximum atomic E-state index is 12.4. The van der Waals surface area contributed by atoms with Crippen LogP contribution in [0.1, 0.15) is 11.1 Å². The topological polar surface area (TPSA) is 70.7 Å². The average molecular weight is 459 g/mol. The quantitative estimate of drug-likeness (QED) is 0.305. The second-order valence-electron chi connectivity index (χ2n) is 5.88. The SMILES string of the molecule is O=C(Cc1c[nH]c2ccc(Br)cc12)Nc1nnc(SCc2ccccc2)s1. The van der Waals surface area contributed by atoms with Crippen molar-refractivity contribution in [3.8, 4) is 0 Å². The number of amides is 1. The van der Waals surface area contributed by atoms with Gasteiger partial charge in [0.05, 0.1) is 6.42 Å². The van der Waals surface area contributed by atoms with Crippen molar-refractivity contribution in [3.05, 3.63) is 70.3 Å². The summed E-state index contributed by atoms with van der Waals surface area (Å²) in [6.45, 7) is 0. The number of hydrogen-bond acceptors (Lipinski definition) is 5. The zero-order valence-corrected chi connectivity index (χ0v) is 17.3. The number of thioether (sulfide) groups is 1. The number of H-pyrrole nitrogens is 1. The van der Waals surface area contributed by atoms with Crippen molar-refractivity contribution >= 4 is 61.0 Å². The summed E-state index contributed by atoms with van der Waals surface area (Å²) in [6, 6.07) is 16.2. The third-order valence-electron chi connectivity index (χ3n) is 3.94. The fourth-order valence-electron chi connectivity index (χ4n) is 2.67. The third-order valence-corrected chi connectivity index (χ3v) is 6.47. The van der Waals surface area contributed by atoms with Crippen molar-refractivity contribution < 1.29 is 4.79 Å². The number of aromatic nitrogens is 3. The van der Waals surface area contributed by atoms with Gasteiger partial charge in [-0.1, -0.05) is 69.4 Å². The van der Waals surface area contributed by atoms with Crippen molar-refractivity contribution in [1.29, 1.82) is 0 Å². The van der Waals surface area contributed by atoms with E-state index in [1.807, 2.05) is 42.6 Å². The molecule has 27 heavy (non-hydrogen) atoms. The highest BCUT2D eigenvalue weighted by atomic mass is 79.9. The molecule has 4 aromatic rings. The predicted octanol–water partition coefficient (Wildman–Crippen LogP) is 5.26. The Morgan fingerprint density at radius 3 is 2.89 bits per heavy atom. The van der Waals surface area contributed by atoms with E-state index in [9.17, 15) is 4.79 Å². The third kappa shape index (κ3) is 4.58. The second kappa shape index (κ2) is 8.24. The standard InChI is InChI=1S/C19H15BrN4OS2/c20-14-6-7-16-15(9-14)13(10-21-16)8-17(25)22-18-23-24-19(27-18)26-11-12-4-2-1-3-5-12/h1-7,9-10,21H,8,11H2,(H,22,23,25). The second-order valence-corrected chi connectivity index (χ2v) is 8.99. The maximum Gasteiger partial charge on any atom is 0.230 e. The Bertz CT molecular complexity index is 1080. The van der Waals surface area contributed by atoms with E-state index in [0.717, 1.165) is 31.0 Å². The van der Waals surface area contributed by atoms with Crippen molar-refractivity contribution in [2.45, 2.75) is 16.5 Å². The molecule has 2 aromatic carbocycles. The molecule has 0 fully saturated rings. The summed E-state index contributed by atoms with van der Waals surface area (Å²) in [6.07, 6.45) is 2.15. The lowest BCUT2D eigenvalue weighted by Gasteiger charge is -2.01. The Kier molecular flexibility index (Phi) is 5.56. The maximum absolute atomic E-state index is 12.4. The number of nitrogens with one attached hydrogen (secondary N) is 2. The van der Waals surface area contributed by atoms with E-state index >= 15 is 0 Å². The zero-order chi connectivity index (χ0) is 18.6. The van der Waals surface area contributed by atoms with Crippen LogP contribution in [-0.4, -0.2) is 21.1 Å². The van der Waals surface area contributed by atoms with Gasteiger partial charge >= 0.3 is 0 Å². The number of rotatable bonds is 6. The summed E-state index contributed by atoms with van der Waals surface area (Å²) in [5.74, 6) is 0.722. The van der Waals surface area contributed by atoms with Gasteiger partial charge in [0.15, 0.2) is 4.34 Å². The molecule has 1 amide bonds. The van der Waals surface area contributed by atoms with Crippen LogP contribution >= 0.6 is 39.0 Å². The minimum atomic E-state index is -0.105. The Labute approximate surface area is 172 Å². The summed E-state index contributed by atoms with van der Waals surface area (Å²) < 4.78 is 1.82. The van der Waals surface area contributed by atoms with Gasteiger partial charge in [-0.3, -0.25) is 4.79 Å². The minimum absolute atomic E-state index is 0.105. The van der Waals surface area contributed by atoms with E-state index in [4.69, 9.17) is 0 Å². The molecule has 0 atom stereocenters. The molecule has 0 aliphatic carbocycles. The van der Waals surface area contributed by atoms with Gasteiger partial charge in [-0.25, -0.2) is 0 Å². The summed E-state index contributed by atoms with van der Waals surface area (Å²) >= 11 is 6.48. The van der Waals surface area contributed by atoms with Gasteiger partial charge in [0.25, 0.3) is 0 Å². The molecule has 2 N–H and O–H groups in total. The number of halogens is 1. The molecule has 5 nitrogen and oxygen atoms in total. The Morgan fingerprint density at radius 1 is 1.19 bits per heavy atom. The Hall–Kier alpha value is -2.16. The van der Waals surface area contributed by atoms with Crippen molar-refractivity contribution in [1.82, 2.24) is 15.2 Å². The van der Waals surface area contributed by atoms with Gasteiger partial charge in [-0.2, -0.15) is 0 Å². The first-order valence-electron chi connectivity index (χ1n) is 8.23. The summed E-state index contributed by atoms with van der Waals surface area (Å²) in [5, 5.41) is 12.6. The molecule has 0 spiro atoms. The van der Waals surface area contributed by atoms with E-state index in [-0.39, 0.29) is 12.3 Å². The summed E-state index contributed by atoms with van der Waals surface area (Å²) in [7, 11) is 0. The van der Waals surface area contributed by atoms with Crippen molar-refractivity contribution in [2.75, 3.05) is 5.32 Å². The molecule has 0 aliphatic heterocycles. The molecular weight excluding hydrogens is 444 g/mol. The molecule has 0 saturated carbocycles.